The monoisotopic (exact) mass is 472 g/mol. The van der Waals surface area contributed by atoms with Crippen molar-refractivity contribution < 1.29 is 22.7 Å². The van der Waals surface area contributed by atoms with E-state index in [4.69, 9.17) is 4.74 Å². The lowest BCUT2D eigenvalue weighted by atomic mass is 10.1. The minimum absolute atomic E-state index is 0.0561. The van der Waals surface area contributed by atoms with Crippen molar-refractivity contribution in [2.75, 3.05) is 6.54 Å². The number of amides is 1. The summed E-state index contributed by atoms with van der Waals surface area (Å²) >= 11 is 0. The fourth-order valence-electron chi connectivity index (χ4n) is 3.72. The van der Waals surface area contributed by atoms with Crippen molar-refractivity contribution in [3.05, 3.63) is 59.9 Å². The topological polar surface area (TPSA) is 86.0 Å². The van der Waals surface area contributed by atoms with Crippen LogP contribution < -0.4 is 4.74 Å². The first kappa shape index (κ1) is 22.3. The zero-order valence-corrected chi connectivity index (χ0v) is 18.4. The Hall–Kier alpha value is -3.50. The third-order valence-corrected chi connectivity index (χ3v) is 5.88. The summed E-state index contributed by atoms with van der Waals surface area (Å²) in [6.07, 6.45) is 3.28. The Balaban J connectivity index is 1.50. The normalized spacial score (nSPS) is 16.8. The van der Waals surface area contributed by atoms with E-state index in [0.29, 0.717) is 24.2 Å². The molecule has 2 aliphatic carbocycles. The molecule has 178 valence electrons. The van der Waals surface area contributed by atoms with Crippen molar-refractivity contribution in [2.24, 2.45) is 5.92 Å². The minimum Gasteiger partial charge on any atom is -0.490 e. The van der Waals surface area contributed by atoms with Crippen molar-refractivity contribution in [1.29, 1.82) is 0 Å². The predicted octanol–water partition coefficient (Wildman–Crippen LogP) is 4.23. The maximum Gasteiger partial charge on any atom is 0.416 e. The van der Waals surface area contributed by atoms with Gasteiger partial charge in [-0.3, -0.25) is 4.79 Å². The number of hydrogen-bond donors (Lipinski definition) is 0. The van der Waals surface area contributed by atoms with E-state index in [2.05, 4.69) is 20.1 Å². The van der Waals surface area contributed by atoms with Crippen molar-refractivity contribution in [2.45, 2.75) is 50.9 Å². The molecule has 2 aromatic heterocycles. The van der Waals surface area contributed by atoms with E-state index in [9.17, 15) is 18.0 Å². The lowest BCUT2D eigenvalue weighted by Gasteiger charge is -2.29. The van der Waals surface area contributed by atoms with Crippen LogP contribution >= 0.6 is 0 Å². The summed E-state index contributed by atoms with van der Waals surface area (Å²) in [7, 11) is 0. The second-order valence-electron chi connectivity index (χ2n) is 8.72. The average molecular weight is 472 g/mol. The van der Waals surface area contributed by atoms with Crippen LogP contribution in [0.2, 0.25) is 0 Å². The minimum atomic E-state index is -4.60. The number of carbonyl (C=O) groups excluding carboxylic acids is 1. The van der Waals surface area contributed by atoms with Gasteiger partial charge in [-0.2, -0.15) is 23.0 Å². The second kappa shape index (κ2) is 8.69. The molecule has 0 bridgehead atoms. The summed E-state index contributed by atoms with van der Waals surface area (Å²) < 4.78 is 47.8. The molecule has 1 unspecified atom stereocenters. The Morgan fingerprint density at radius 3 is 2.53 bits per heavy atom. The molecule has 2 aliphatic rings. The molecule has 2 heterocycles. The van der Waals surface area contributed by atoms with Crippen LogP contribution in [0.3, 0.4) is 0 Å². The van der Waals surface area contributed by atoms with Gasteiger partial charge in [0.2, 0.25) is 0 Å². The van der Waals surface area contributed by atoms with Gasteiger partial charge in [-0.25, -0.2) is 15.0 Å². The molecule has 0 radical (unpaired) electrons. The van der Waals surface area contributed by atoms with Gasteiger partial charge in [0.1, 0.15) is 12.1 Å². The van der Waals surface area contributed by atoms with Crippen LogP contribution in [0.1, 0.15) is 60.4 Å². The van der Waals surface area contributed by atoms with E-state index in [1.54, 1.807) is 30.3 Å². The Labute approximate surface area is 193 Å². The quantitative estimate of drug-likeness (QED) is 0.488. The highest BCUT2D eigenvalue weighted by Crippen LogP contribution is 2.37. The third kappa shape index (κ3) is 4.87. The summed E-state index contributed by atoms with van der Waals surface area (Å²) in [5.41, 5.74) is -0.978. The molecule has 5 rings (SSSR count). The van der Waals surface area contributed by atoms with Crippen LogP contribution in [-0.4, -0.2) is 48.2 Å². The molecule has 2 fully saturated rings. The molecule has 0 aliphatic heterocycles. The smallest absolute Gasteiger partial charge is 0.416 e. The molecule has 0 saturated heterocycles. The van der Waals surface area contributed by atoms with Gasteiger partial charge in [-0.15, -0.1) is 0 Å². The first-order chi connectivity index (χ1) is 16.3. The van der Waals surface area contributed by atoms with Crippen molar-refractivity contribution in [3.63, 3.8) is 0 Å². The number of hydrogen-bond acceptors (Lipinski definition) is 6. The number of halogens is 3. The molecule has 3 aromatic rings. The fourth-order valence-corrected chi connectivity index (χ4v) is 3.72. The van der Waals surface area contributed by atoms with Gasteiger partial charge in [-0.1, -0.05) is 0 Å². The highest BCUT2D eigenvalue weighted by atomic mass is 19.4. The first-order valence-corrected chi connectivity index (χ1v) is 11.2. The molecular weight excluding hydrogens is 449 g/mol. The van der Waals surface area contributed by atoms with E-state index in [1.165, 1.54) is 17.1 Å². The number of alkyl halides is 3. The number of benzene rings is 1. The van der Waals surface area contributed by atoms with Gasteiger partial charge < -0.3 is 9.64 Å². The second-order valence-corrected chi connectivity index (χ2v) is 8.72. The molecular formula is C23H23F3N6O2. The number of aromatic nitrogens is 5. The Kier molecular flexibility index (Phi) is 5.70. The van der Waals surface area contributed by atoms with E-state index < -0.39 is 23.7 Å². The van der Waals surface area contributed by atoms with Crippen molar-refractivity contribution in [1.82, 2.24) is 29.6 Å². The summed E-state index contributed by atoms with van der Waals surface area (Å²) in [4.78, 5) is 27.9. The standard InChI is InChI=1S/C23H23F3N6O2/c1-14(20-29-13-30-32(20)22-27-7-2-8-28-22)31(12-15-3-4-15)21(33)16-9-17(23(24,25)26)11-19(10-16)34-18-5-6-18/h2,7-11,13-15,18H,3-6,12H2,1H3. The van der Waals surface area contributed by atoms with Crippen LogP contribution in [0.5, 0.6) is 5.75 Å². The molecule has 34 heavy (non-hydrogen) atoms. The Morgan fingerprint density at radius 1 is 1.15 bits per heavy atom. The number of carbonyl (C=O) groups is 1. The van der Waals surface area contributed by atoms with Gasteiger partial charge in [0, 0.05) is 24.5 Å². The summed E-state index contributed by atoms with van der Waals surface area (Å²) in [5.74, 6) is 0.542. The maximum absolute atomic E-state index is 13.6. The molecule has 8 nitrogen and oxygen atoms in total. The number of ether oxygens (including phenoxy) is 1. The average Bonchev–Trinajstić information content (AvgIpc) is 3.76. The molecule has 0 N–H and O–H groups in total. The van der Waals surface area contributed by atoms with E-state index in [-0.39, 0.29) is 17.4 Å². The lowest BCUT2D eigenvalue weighted by molar-refractivity contribution is -0.137. The highest BCUT2D eigenvalue weighted by molar-refractivity contribution is 5.95. The van der Waals surface area contributed by atoms with Gasteiger partial charge in [-0.05, 0) is 62.8 Å². The first-order valence-electron chi connectivity index (χ1n) is 11.2. The van der Waals surface area contributed by atoms with Gasteiger partial charge in [0.25, 0.3) is 11.9 Å². The van der Waals surface area contributed by atoms with E-state index >= 15 is 0 Å². The van der Waals surface area contributed by atoms with Crippen LogP contribution in [0.4, 0.5) is 13.2 Å². The molecule has 1 atom stereocenters. The summed E-state index contributed by atoms with van der Waals surface area (Å²) in [5, 5.41) is 4.19. The highest BCUT2D eigenvalue weighted by Gasteiger charge is 2.36. The van der Waals surface area contributed by atoms with Crippen molar-refractivity contribution in [3.8, 4) is 11.7 Å². The van der Waals surface area contributed by atoms with Gasteiger partial charge >= 0.3 is 6.18 Å². The van der Waals surface area contributed by atoms with Gasteiger partial charge in [0.15, 0.2) is 5.82 Å². The molecule has 2 saturated carbocycles. The molecule has 1 aromatic carbocycles. The fraction of sp³-hybridized carbons (Fsp3) is 0.435. The van der Waals surface area contributed by atoms with Crippen molar-refractivity contribution >= 4 is 5.91 Å². The van der Waals surface area contributed by atoms with E-state index in [1.807, 2.05) is 0 Å². The van der Waals surface area contributed by atoms with Crippen LogP contribution in [0.25, 0.3) is 5.95 Å². The predicted molar refractivity (Wildman–Crippen MR) is 114 cm³/mol. The zero-order chi connectivity index (χ0) is 23.9. The SMILES string of the molecule is CC(c1ncnn1-c1ncccn1)N(CC1CC1)C(=O)c1cc(OC2CC2)cc(C(F)(F)F)c1. The largest absolute Gasteiger partial charge is 0.490 e. The molecule has 11 heteroatoms. The molecule has 0 spiro atoms. The number of nitrogens with zero attached hydrogens (tertiary/aromatic N) is 6. The summed E-state index contributed by atoms with van der Waals surface area (Å²) in [6, 6.07) is 4.32. The van der Waals surface area contributed by atoms with Crippen LogP contribution in [0.15, 0.2) is 43.0 Å². The summed E-state index contributed by atoms with van der Waals surface area (Å²) in [6.45, 7) is 2.18. The maximum atomic E-state index is 13.6. The van der Waals surface area contributed by atoms with Gasteiger partial charge in [0.05, 0.1) is 17.7 Å². The zero-order valence-electron chi connectivity index (χ0n) is 18.4. The van der Waals surface area contributed by atoms with Crippen LogP contribution in [0, 0.1) is 5.92 Å². The Morgan fingerprint density at radius 2 is 1.88 bits per heavy atom. The lowest BCUT2D eigenvalue weighted by Crippen LogP contribution is -2.37. The Bertz CT molecular complexity index is 1170. The molecule has 1 amide bonds. The third-order valence-electron chi connectivity index (χ3n) is 5.88. The van der Waals surface area contributed by atoms with E-state index in [0.717, 1.165) is 37.8 Å². The number of rotatable bonds is 8. The van der Waals surface area contributed by atoms with Crippen LogP contribution in [-0.2, 0) is 6.18 Å².